The van der Waals surface area contributed by atoms with Gasteiger partial charge in [0.25, 0.3) is 0 Å². The minimum absolute atomic E-state index is 0.133. The summed E-state index contributed by atoms with van der Waals surface area (Å²) in [6, 6.07) is 11.5. The van der Waals surface area contributed by atoms with Crippen molar-refractivity contribution >= 4 is 33.7 Å². The molecular formula is C18H14F2N2O2S2. The van der Waals surface area contributed by atoms with Crippen LogP contribution in [0.3, 0.4) is 0 Å². The maximum atomic E-state index is 13.1. The largest absolute Gasteiger partial charge is 0.325 e. The number of amides is 1. The molecule has 0 saturated carbocycles. The Balaban J connectivity index is 1.56. The van der Waals surface area contributed by atoms with Gasteiger partial charge in [0.2, 0.25) is 5.91 Å². The van der Waals surface area contributed by atoms with Gasteiger partial charge in [0, 0.05) is 27.4 Å². The molecule has 3 aromatic rings. The van der Waals surface area contributed by atoms with Gasteiger partial charge in [0.05, 0.1) is 11.4 Å². The lowest BCUT2D eigenvalue weighted by molar-refractivity contribution is -0.113. The molecule has 0 saturated heterocycles. The van der Waals surface area contributed by atoms with Crippen molar-refractivity contribution in [3.05, 3.63) is 71.2 Å². The molecule has 0 spiro atoms. The van der Waals surface area contributed by atoms with Gasteiger partial charge >= 0.3 is 0 Å². The molecule has 2 aromatic carbocycles. The van der Waals surface area contributed by atoms with Crippen molar-refractivity contribution < 1.29 is 17.8 Å². The first kappa shape index (κ1) is 18.3. The SMILES string of the molecule is O=C(C[S@@](=O)Cc1csc(-c2ccc(F)cc2)n1)Nc1cccc(F)c1. The number of benzene rings is 2. The maximum Gasteiger partial charge on any atom is 0.237 e. The van der Waals surface area contributed by atoms with Crippen LogP contribution in [0.2, 0.25) is 0 Å². The predicted molar refractivity (Wildman–Crippen MR) is 99.3 cm³/mol. The first-order valence-corrected chi connectivity index (χ1v) is 9.97. The molecule has 1 aromatic heterocycles. The molecule has 0 bridgehead atoms. The summed E-state index contributed by atoms with van der Waals surface area (Å²) in [7, 11) is -1.45. The second kappa shape index (κ2) is 8.29. The summed E-state index contributed by atoms with van der Waals surface area (Å²) in [4.78, 5) is 16.3. The molecule has 0 aliphatic rings. The number of aromatic nitrogens is 1. The Labute approximate surface area is 155 Å². The van der Waals surface area contributed by atoms with Crippen LogP contribution in [0.15, 0.2) is 53.9 Å². The van der Waals surface area contributed by atoms with E-state index < -0.39 is 22.5 Å². The topological polar surface area (TPSA) is 59.1 Å². The third-order valence-electron chi connectivity index (χ3n) is 3.35. The van der Waals surface area contributed by atoms with Gasteiger partial charge < -0.3 is 5.32 Å². The van der Waals surface area contributed by atoms with Gasteiger partial charge in [-0.1, -0.05) is 6.07 Å². The quantitative estimate of drug-likeness (QED) is 0.690. The highest BCUT2D eigenvalue weighted by Gasteiger charge is 2.12. The van der Waals surface area contributed by atoms with E-state index in [0.717, 1.165) is 5.56 Å². The average Bonchev–Trinajstić information content (AvgIpc) is 3.03. The van der Waals surface area contributed by atoms with Crippen LogP contribution in [-0.4, -0.2) is 20.9 Å². The normalized spacial score (nSPS) is 11.9. The van der Waals surface area contributed by atoms with Crippen LogP contribution < -0.4 is 5.32 Å². The number of halogens is 2. The fraction of sp³-hybridized carbons (Fsp3) is 0.111. The molecule has 1 amide bonds. The molecule has 0 aliphatic heterocycles. The van der Waals surface area contributed by atoms with Crippen molar-refractivity contribution in [2.45, 2.75) is 5.75 Å². The first-order chi connectivity index (χ1) is 12.5. The van der Waals surface area contributed by atoms with Crippen LogP contribution in [0.4, 0.5) is 14.5 Å². The minimum atomic E-state index is -1.45. The van der Waals surface area contributed by atoms with E-state index in [4.69, 9.17) is 0 Å². The molecule has 4 nitrogen and oxygen atoms in total. The number of thiazole rings is 1. The number of hydrogen-bond acceptors (Lipinski definition) is 4. The summed E-state index contributed by atoms with van der Waals surface area (Å²) in [6.07, 6.45) is 0. The van der Waals surface area contributed by atoms with Crippen LogP contribution in [0.1, 0.15) is 5.69 Å². The van der Waals surface area contributed by atoms with Crippen LogP contribution in [0, 0.1) is 11.6 Å². The Hall–Kier alpha value is -2.45. The zero-order valence-electron chi connectivity index (χ0n) is 13.4. The molecule has 8 heteroatoms. The molecule has 3 rings (SSSR count). The van der Waals surface area contributed by atoms with Gasteiger partial charge in [0.15, 0.2) is 0 Å². The van der Waals surface area contributed by atoms with Gasteiger partial charge in [-0.2, -0.15) is 0 Å². The number of hydrogen-bond donors (Lipinski definition) is 1. The number of carbonyl (C=O) groups is 1. The summed E-state index contributed by atoms with van der Waals surface area (Å²) in [6.45, 7) is 0. The van der Waals surface area contributed by atoms with E-state index in [1.807, 2.05) is 0 Å². The van der Waals surface area contributed by atoms with Gasteiger partial charge in [-0.3, -0.25) is 9.00 Å². The number of nitrogens with one attached hydrogen (secondary N) is 1. The molecule has 134 valence electrons. The number of anilines is 1. The Morgan fingerprint density at radius 3 is 2.62 bits per heavy atom. The standard InChI is InChI=1S/C18H14F2N2O2S2/c19-13-6-4-12(5-7-13)18-22-16(9-25-18)10-26(24)11-17(23)21-15-3-1-2-14(20)8-15/h1-9H,10-11H2,(H,21,23)/t26-/m0/s1. The van der Waals surface area contributed by atoms with Crippen molar-refractivity contribution in [2.24, 2.45) is 0 Å². The van der Waals surface area contributed by atoms with E-state index >= 15 is 0 Å². The second-order valence-electron chi connectivity index (χ2n) is 5.44. The zero-order valence-corrected chi connectivity index (χ0v) is 15.1. The molecule has 1 atom stereocenters. The van der Waals surface area contributed by atoms with Crippen molar-refractivity contribution in [1.29, 1.82) is 0 Å². The molecule has 1 N–H and O–H groups in total. The van der Waals surface area contributed by atoms with E-state index in [1.54, 1.807) is 23.6 Å². The smallest absolute Gasteiger partial charge is 0.237 e. The predicted octanol–water partition coefficient (Wildman–Crippen LogP) is 3.98. The van der Waals surface area contributed by atoms with E-state index in [9.17, 15) is 17.8 Å². The maximum absolute atomic E-state index is 13.1. The van der Waals surface area contributed by atoms with E-state index in [2.05, 4.69) is 10.3 Å². The van der Waals surface area contributed by atoms with Crippen molar-refractivity contribution in [3.63, 3.8) is 0 Å². The molecule has 0 radical (unpaired) electrons. The third-order valence-corrected chi connectivity index (χ3v) is 5.49. The molecule has 0 unspecified atom stereocenters. The Kier molecular flexibility index (Phi) is 5.85. The van der Waals surface area contributed by atoms with Gasteiger partial charge in [-0.15, -0.1) is 11.3 Å². The zero-order chi connectivity index (χ0) is 18.5. The molecule has 1 heterocycles. The summed E-state index contributed by atoms with van der Waals surface area (Å²) >= 11 is 1.36. The lowest BCUT2D eigenvalue weighted by atomic mass is 10.2. The average molecular weight is 392 g/mol. The summed E-state index contributed by atoms with van der Waals surface area (Å²) in [5.74, 6) is -1.31. The Bertz CT molecular complexity index is 942. The number of carbonyl (C=O) groups excluding carboxylic acids is 1. The third kappa shape index (κ3) is 5.03. The second-order valence-corrected chi connectivity index (χ2v) is 7.75. The molecule has 0 aliphatic carbocycles. The van der Waals surface area contributed by atoms with E-state index in [-0.39, 0.29) is 17.3 Å². The van der Waals surface area contributed by atoms with Crippen LogP contribution in [-0.2, 0) is 21.3 Å². The summed E-state index contributed by atoms with van der Waals surface area (Å²) in [5.41, 5.74) is 1.70. The monoisotopic (exact) mass is 392 g/mol. The highest BCUT2D eigenvalue weighted by Crippen LogP contribution is 2.24. The van der Waals surface area contributed by atoms with Crippen LogP contribution >= 0.6 is 11.3 Å². The number of nitrogens with zero attached hydrogens (tertiary/aromatic N) is 1. The summed E-state index contributed by atoms with van der Waals surface area (Å²) < 4.78 is 38.2. The number of rotatable bonds is 6. The molecule has 0 fully saturated rings. The lowest BCUT2D eigenvalue weighted by Gasteiger charge is -2.04. The fourth-order valence-corrected chi connectivity index (χ4v) is 4.10. The molecule has 26 heavy (non-hydrogen) atoms. The van der Waals surface area contributed by atoms with Gasteiger partial charge in [0.1, 0.15) is 22.4 Å². The summed E-state index contributed by atoms with van der Waals surface area (Å²) in [5, 5.41) is 4.97. The highest BCUT2D eigenvalue weighted by atomic mass is 32.2. The van der Waals surface area contributed by atoms with Gasteiger partial charge in [-0.25, -0.2) is 13.8 Å². The van der Waals surface area contributed by atoms with Gasteiger partial charge in [-0.05, 0) is 42.5 Å². The Morgan fingerprint density at radius 2 is 1.88 bits per heavy atom. The van der Waals surface area contributed by atoms with E-state index in [1.165, 1.54) is 41.7 Å². The fourth-order valence-electron chi connectivity index (χ4n) is 2.22. The highest BCUT2D eigenvalue weighted by molar-refractivity contribution is 7.84. The van der Waals surface area contributed by atoms with Crippen molar-refractivity contribution in [3.8, 4) is 10.6 Å². The van der Waals surface area contributed by atoms with E-state index in [0.29, 0.717) is 16.4 Å². The first-order valence-electron chi connectivity index (χ1n) is 7.60. The van der Waals surface area contributed by atoms with Crippen LogP contribution in [0.25, 0.3) is 10.6 Å². The lowest BCUT2D eigenvalue weighted by Crippen LogP contribution is -2.20. The molecular weight excluding hydrogens is 378 g/mol. The van der Waals surface area contributed by atoms with Crippen LogP contribution in [0.5, 0.6) is 0 Å². The van der Waals surface area contributed by atoms with Crippen molar-refractivity contribution in [1.82, 2.24) is 4.98 Å². The van der Waals surface area contributed by atoms with Crippen molar-refractivity contribution in [2.75, 3.05) is 11.1 Å². The Morgan fingerprint density at radius 1 is 1.12 bits per heavy atom. The minimum Gasteiger partial charge on any atom is -0.325 e.